The lowest BCUT2D eigenvalue weighted by atomic mass is 10.1. The summed E-state index contributed by atoms with van der Waals surface area (Å²) in [7, 11) is 1.18. The molecule has 0 aliphatic heterocycles. The molecule has 0 spiro atoms. The number of ether oxygens (including phenoxy) is 2. The Bertz CT molecular complexity index is 1120. The van der Waals surface area contributed by atoms with Gasteiger partial charge in [0.2, 0.25) is 5.91 Å². The van der Waals surface area contributed by atoms with Gasteiger partial charge in [0.1, 0.15) is 15.9 Å². The number of nitrogens with zero attached hydrogens (tertiary/aromatic N) is 2. The van der Waals surface area contributed by atoms with E-state index in [9.17, 15) is 27.6 Å². The topological polar surface area (TPSA) is 99.5 Å². The Kier molecular flexibility index (Phi) is 7.75. The zero-order valence-corrected chi connectivity index (χ0v) is 21.2. The SMILES string of the molecule is CCCOC(=O)c1c(NC(=O)C(C)n2nc(C(F)(F)F)c(Br)c2C2CC2)sc(C(=O)OC)c1C. The van der Waals surface area contributed by atoms with Crippen LogP contribution in [0.4, 0.5) is 18.2 Å². The molecule has 1 amide bonds. The van der Waals surface area contributed by atoms with E-state index in [4.69, 9.17) is 9.47 Å². The summed E-state index contributed by atoms with van der Waals surface area (Å²) in [6, 6.07) is -1.13. The molecule has 0 radical (unpaired) electrons. The second-order valence-corrected chi connectivity index (χ2v) is 9.63. The van der Waals surface area contributed by atoms with Gasteiger partial charge in [-0.1, -0.05) is 6.92 Å². The van der Waals surface area contributed by atoms with Crippen molar-refractivity contribution in [1.29, 1.82) is 0 Å². The summed E-state index contributed by atoms with van der Waals surface area (Å²) in [5.41, 5.74) is -0.520. The van der Waals surface area contributed by atoms with Crippen LogP contribution in [0.2, 0.25) is 0 Å². The molecule has 2 aromatic rings. The lowest BCUT2D eigenvalue weighted by Crippen LogP contribution is -2.26. The number of amides is 1. The molecule has 1 fully saturated rings. The number of rotatable bonds is 8. The second-order valence-electron chi connectivity index (χ2n) is 7.82. The highest BCUT2D eigenvalue weighted by Crippen LogP contribution is 2.48. The Labute approximate surface area is 205 Å². The first kappa shape index (κ1) is 26.2. The molecule has 1 aliphatic rings. The zero-order valence-electron chi connectivity index (χ0n) is 18.8. The first-order valence-electron chi connectivity index (χ1n) is 10.5. The van der Waals surface area contributed by atoms with Gasteiger partial charge in [0.05, 0.1) is 29.4 Å². The third-order valence-electron chi connectivity index (χ3n) is 5.26. The Morgan fingerprint density at radius 2 is 1.94 bits per heavy atom. The fourth-order valence-electron chi connectivity index (χ4n) is 3.36. The van der Waals surface area contributed by atoms with E-state index in [1.165, 1.54) is 21.0 Å². The van der Waals surface area contributed by atoms with Gasteiger partial charge >= 0.3 is 18.1 Å². The molecule has 2 heterocycles. The Morgan fingerprint density at radius 1 is 1.29 bits per heavy atom. The first-order chi connectivity index (χ1) is 15.9. The van der Waals surface area contributed by atoms with Crippen LogP contribution in [0.1, 0.15) is 82.1 Å². The van der Waals surface area contributed by atoms with E-state index in [1.807, 2.05) is 6.92 Å². The Balaban J connectivity index is 1.97. The van der Waals surface area contributed by atoms with Crippen molar-refractivity contribution in [1.82, 2.24) is 9.78 Å². The molecule has 1 atom stereocenters. The number of hydrogen-bond donors (Lipinski definition) is 1. The molecule has 0 bridgehead atoms. The van der Waals surface area contributed by atoms with Gasteiger partial charge in [0.15, 0.2) is 5.69 Å². The molecular formula is C21H23BrF3N3O5S. The average molecular weight is 566 g/mol. The fourth-order valence-corrected chi connectivity index (χ4v) is 5.28. The molecule has 1 saturated carbocycles. The predicted molar refractivity (Wildman–Crippen MR) is 121 cm³/mol. The molecule has 3 rings (SSSR count). The lowest BCUT2D eigenvalue weighted by molar-refractivity contribution is -0.142. The average Bonchev–Trinajstić information content (AvgIpc) is 3.47. The number of methoxy groups -OCH3 is 1. The van der Waals surface area contributed by atoms with Crippen LogP contribution in [0.3, 0.4) is 0 Å². The van der Waals surface area contributed by atoms with Crippen LogP contribution in [0, 0.1) is 6.92 Å². The molecule has 186 valence electrons. The van der Waals surface area contributed by atoms with Crippen molar-refractivity contribution in [3.63, 3.8) is 0 Å². The molecular weight excluding hydrogens is 543 g/mol. The van der Waals surface area contributed by atoms with Crippen LogP contribution >= 0.6 is 27.3 Å². The molecule has 0 aromatic carbocycles. The lowest BCUT2D eigenvalue weighted by Gasteiger charge is -2.16. The van der Waals surface area contributed by atoms with Crippen molar-refractivity contribution >= 4 is 50.1 Å². The second kappa shape index (κ2) is 10.1. The Morgan fingerprint density at radius 3 is 2.47 bits per heavy atom. The summed E-state index contributed by atoms with van der Waals surface area (Å²) in [5.74, 6) is -2.26. The molecule has 1 N–H and O–H groups in total. The summed E-state index contributed by atoms with van der Waals surface area (Å²) in [6.07, 6.45) is -2.75. The number of carbonyl (C=O) groups is 3. The minimum absolute atomic E-state index is 0.000516. The fraction of sp³-hybridized carbons (Fsp3) is 0.524. The van der Waals surface area contributed by atoms with Gasteiger partial charge in [-0.3, -0.25) is 9.48 Å². The van der Waals surface area contributed by atoms with Gasteiger partial charge in [-0.15, -0.1) is 11.3 Å². The molecule has 2 aromatic heterocycles. The molecule has 34 heavy (non-hydrogen) atoms. The normalized spacial score (nSPS) is 14.6. The number of alkyl halides is 3. The van der Waals surface area contributed by atoms with Gasteiger partial charge in [-0.05, 0) is 54.6 Å². The minimum atomic E-state index is -4.69. The zero-order chi connectivity index (χ0) is 25.4. The van der Waals surface area contributed by atoms with Gasteiger partial charge in [0, 0.05) is 5.92 Å². The number of esters is 2. The summed E-state index contributed by atoms with van der Waals surface area (Å²) >= 11 is 3.84. The summed E-state index contributed by atoms with van der Waals surface area (Å²) in [6.45, 7) is 4.89. The molecule has 8 nitrogen and oxygen atoms in total. The van der Waals surface area contributed by atoms with Crippen molar-refractivity contribution in [3.05, 3.63) is 31.9 Å². The summed E-state index contributed by atoms with van der Waals surface area (Å²) in [4.78, 5) is 38.0. The van der Waals surface area contributed by atoms with Gasteiger partial charge in [-0.25, -0.2) is 9.59 Å². The third kappa shape index (κ3) is 5.14. The number of nitrogens with one attached hydrogen (secondary N) is 1. The number of thiophene rings is 1. The summed E-state index contributed by atoms with van der Waals surface area (Å²) < 4.78 is 51.1. The van der Waals surface area contributed by atoms with E-state index in [0.717, 1.165) is 16.0 Å². The third-order valence-corrected chi connectivity index (χ3v) is 7.23. The van der Waals surface area contributed by atoms with Crippen molar-refractivity contribution in [2.75, 3.05) is 19.0 Å². The minimum Gasteiger partial charge on any atom is -0.465 e. The quantitative estimate of drug-likeness (QED) is 0.426. The van der Waals surface area contributed by atoms with Gasteiger partial charge in [-0.2, -0.15) is 18.3 Å². The highest BCUT2D eigenvalue weighted by molar-refractivity contribution is 9.10. The van der Waals surface area contributed by atoms with E-state index in [2.05, 4.69) is 26.3 Å². The molecule has 1 unspecified atom stereocenters. The number of anilines is 1. The van der Waals surface area contributed by atoms with Crippen LogP contribution in [0.25, 0.3) is 0 Å². The maximum absolute atomic E-state index is 13.4. The number of hydrogen-bond acceptors (Lipinski definition) is 7. The number of aromatic nitrogens is 2. The van der Waals surface area contributed by atoms with Crippen LogP contribution < -0.4 is 5.32 Å². The summed E-state index contributed by atoms with van der Waals surface area (Å²) in [5, 5.41) is 6.31. The van der Waals surface area contributed by atoms with Crippen molar-refractivity contribution in [2.24, 2.45) is 0 Å². The van der Waals surface area contributed by atoms with Crippen LogP contribution in [-0.4, -0.2) is 41.3 Å². The maximum atomic E-state index is 13.4. The van der Waals surface area contributed by atoms with E-state index in [-0.39, 0.29) is 38.0 Å². The first-order valence-corrected chi connectivity index (χ1v) is 12.1. The highest BCUT2D eigenvalue weighted by atomic mass is 79.9. The van der Waals surface area contributed by atoms with Crippen LogP contribution in [0.5, 0.6) is 0 Å². The van der Waals surface area contributed by atoms with Crippen molar-refractivity contribution < 1.29 is 37.0 Å². The monoisotopic (exact) mass is 565 g/mol. The molecule has 0 saturated heterocycles. The largest absolute Gasteiger partial charge is 0.465 e. The van der Waals surface area contributed by atoms with E-state index < -0.39 is 35.8 Å². The van der Waals surface area contributed by atoms with E-state index >= 15 is 0 Å². The Hall–Kier alpha value is -2.41. The smallest absolute Gasteiger partial charge is 0.436 e. The van der Waals surface area contributed by atoms with E-state index in [0.29, 0.717) is 25.0 Å². The molecule has 1 aliphatic carbocycles. The van der Waals surface area contributed by atoms with Crippen LogP contribution in [0.15, 0.2) is 4.47 Å². The van der Waals surface area contributed by atoms with E-state index in [1.54, 1.807) is 0 Å². The van der Waals surface area contributed by atoms with Crippen molar-refractivity contribution in [2.45, 2.75) is 58.2 Å². The molecule has 13 heteroatoms. The number of carbonyl (C=O) groups excluding carboxylic acids is 3. The van der Waals surface area contributed by atoms with Gasteiger partial charge in [0.25, 0.3) is 0 Å². The predicted octanol–water partition coefficient (Wildman–Crippen LogP) is 5.46. The van der Waals surface area contributed by atoms with Gasteiger partial charge < -0.3 is 14.8 Å². The van der Waals surface area contributed by atoms with Crippen molar-refractivity contribution in [3.8, 4) is 0 Å². The van der Waals surface area contributed by atoms with Crippen LogP contribution in [-0.2, 0) is 20.4 Å². The maximum Gasteiger partial charge on any atom is 0.436 e. The standard InChI is InChI=1S/C21H23BrF3N3O5S/c1-5-8-33-19(30)12-9(2)15(20(31)32-4)34-18(12)26-17(29)10(3)28-14(11-6-7-11)13(22)16(27-28)21(23,24)25/h10-11H,5-8H2,1-4H3,(H,26,29). The number of halogens is 4. The highest BCUT2D eigenvalue weighted by Gasteiger charge is 2.43.